The molecule has 28 heavy (non-hydrogen) atoms. The van der Waals surface area contributed by atoms with E-state index in [-0.39, 0.29) is 5.56 Å². The molecular weight excluding hydrogens is 368 g/mol. The average Bonchev–Trinajstić information content (AvgIpc) is 3.14. The third-order valence-electron chi connectivity index (χ3n) is 4.40. The molecule has 2 aromatic heterocycles. The molecule has 0 atom stereocenters. The van der Waals surface area contributed by atoms with E-state index in [1.165, 1.54) is 33.5 Å². The summed E-state index contributed by atoms with van der Waals surface area (Å²) in [5.74, 6) is 0. The van der Waals surface area contributed by atoms with Gasteiger partial charge in [-0.15, -0.1) is 11.3 Å². The Morgan fingerprint density at radius 1 is 1.07 bits per heavy atom. The maximum Gasteiger partial charge on any atom is 0.283 e. The first-order valence-corrected chi connectivity index (χ1v) is 9.83. The third-order valence-corrected chi connectivity index (χ3v) is 5.29. The lowest BCUT2D eigenvalue weighted by Gasteiger charge is -2.05. The first kappa shape index (κ1) is 18.1. The maximum atomic E-state index is 12.9. The molecule has 2 heterocycles. The predicted molar refractivity (Wildman–Crippen MR) is 116 cm³/mol. The van der Waals surface area contributed by atoms with Crippen molar-refractivity contribution in [2.75, 3.05) is 14.1 Å². The molecule has 4 aromatic rings. The standard InChI is InChI=1S/C22H20N4OS/c1-25(2)15-24-26-14-23-21-20(22(26)27)19(13-28-21)18-10-8-17(9-11-18)12-16-6-4-3-5-7-16/h3-11,13-15H,12H2,1-2H3/b24-15+. The van der Waals surface area contributed by atoms with E-state index >= 15 is 0 Å². The second kappa shape index (κ2) is 7.78. The third kappa shape index (κ3) is 3.73. The van der Waals surface area contributed by atoms with Gasteiger partial charge in [0.2, 0.25) is 0 Å². The molecule has 2 aromatic carbocycles. The van der Waals surface area contributed by atoms with E-state index in [1.807, 2.05) is 25.5 Å². The van der Waals surface area contributed by atoms with Gasteiger partial charge < -0.3 is 4.90 Å². The van der Waals surface area contributed by atoms with Crippen LogP contribution in [0.1, 0.15) is 11.1 Å². The smallest absolute Gasteiger partial charge is 0.283 e. The van der Waals surface area contributed by atoms with Gasteiger partial charge in [-0.05, 0) is 23.1 Å². The molecule has 0 spiro atoms. The summed E-state index contributed by atoms with van der Waals surface area (Å²) in [5.41, 5.74) is 4.27. The van der Waals surface area contributed by atoms with E-state index in [0.717, 1.165) is 22.4 Å². The Morgan fingerprint density at radius 2 is 1.79 bits per heavy atom. The van der Waals surface area contributed by atoms with Crippen LogP contribution in [0.25, 0.3) is 21.3 Å². The van der Waals surface area contributed by atoms with Crippen molar-refractivity contribution in [1.29, 1.82) is 0 Å². The predicted octanol–water partition coefficient (Wildman–Crippen LogP) is 4.07. The molecule has 6 heteroatoms. The summed E-state index contributed by atoms with van der Waals surface area (Å²) in [6.45, 7) is 0. The highest BCUT2D eigenvalue weighted by molar-refractivity contribution is 7.17. The maximum absolute atomic E-state index is 12.9. The topological polar surface area (TPSA) is 50.5 Å². The summed E-state index contributed by atoms with van der Waals surface area (Å²) in [6.07, 6.45) is 3.94. The summed E-state index contributed by atoms with van der Waals surface area (Å²) < 4.78 is 1.28. The number of hydrogen-bond donors (Lipinski definition) is 0. The lowest BCUT2D eigenvalue weighted by atomic mass is 10.0. The summed E-state index contributed by atoms with van der Waals surface area (Å²) >= 11 is 1.48. The second-order valence-electron chi connectivity index (χ2n) is 6.78. The Hall–Kier alpha value is -3.25. The Balaban J connectivity index is 1.69. The van der Waals surface area contributed by atoms with Gasteiger partial charge >= 0.3 is 0 Å². The first-order valence-electron chi connectivity index (χ1n) is 8.95. The minimum atomic E-state index is -0.160. The fourth-order valence-electron chi connectivity index (χ4n) is 3.01. The van der Waals surface area contributed by atoms with E-state index in [1.54, 1.807) is 11.2 Å². The van der Waals surface area contributed by atoms with Crippen molar-refractivity contribution in [2.24, 2.45) is 5.10 Å². The van der Waals surface area contributed by atoms with Crippen molar-refractivity contribution in [3.8, 4) is 11.1 Å². The van der Waals surface area contributed by atoms with Gasteiger partial charge in [-0.1, -0.05) is 54.6 Å². The molecule has 0 unspecified atom stereocenters. The van der Waals surface area contributed by atoms with Gasteiger partial charge in [0, 0.05) is 25.0 Å². The van der Waals surface area contributed by atoms with Crippen molar-refractivity contribution in [1.82, 2.24) is 14.6 Å². The highest BCUT2D eigenvalue weighted by atomic mass is 32.1. The quantitative estimate of drug-likeness (QED) is 0.383. The SMILES string of the molecule is CN(C)/C=N/n1cnc2scc(-c3ccc(Cc4ccccc4)cc3)c2c1=O. The van der Waals surface area contributed by atoms with E-state index in [2.05, 4.69) is 58.6 Å². The Kier molecular flexibility index (Phi) is 5.04. The zero-order valence-electron chi connectivity index (χ0n) is 15.7. The van der Waals surface area contributed by atoms with Gasteiger partial charge in [0.05, 0.1) is 5.39 Å². The van der Waals surface area contributed by atoms with Gasteiger partial charge in [-0.3, -0.25) is 4.79 Å². The molecule has 0 saturated carbocycles. The van der Waals surface area contributed by atoms with Gasteiger partial charge in [-0.25, -0.2) is 4.98 Å². The van der Waals surface area contributed by atoms with Gasteiger partial charge in [0.15, 0.2) is 0 Å². The van der Waals surface area contributed by atoms with Gasteiger partial charge in [0.1, 0.15) is 17.5 Å². The Labute approximate surface area is 167 Å². The lowest BCUT2D eigenvalue weighted by molar-refractivity contribution is 0.629. The molecule has 0 aliphatic rings. The van der Waals surface area contributed by atoms with E-state index in [4.69, 9.17) is 0 Å². The van der Waals surface area contributed by atoms with Crippen LogP contribution in [0.4, 0.5) is 0 Å². The van der Waals surface area contributed by atoms with Crippen LogP contribution in [0.2, 0.25) is 0 Å². The first-order chi connectivity index (χ1) is 13.6. The molecule has 0 saturated heterocycles. The minimum Gasteiger partial charge on any atom is -0.367 e. The Morgan fingerprint density at radius 3 is 2.50 bits per heavy atom. The van der Waals surface area contributed by atoms with Crippen molar-refractivity contribution < 1.29 is 0 Å². The van der Waals surface area contributed by atoms with Gasteiger partial charge in [-0.2, -0.15) is 9.78 Å². The minimum absolute atomic E-state index is 0.160. The van der Waals surface area contributed by atoms with Crippen LogP contribution in [0.5, 0.6) is 0 Å². The average molecular weight is 388 g/mol. The normalized spacial score (nSPS) is 11.4. The van der Waals surface area contributed by atoms with Crippen molar-refractivity contribution in [2.45, 2.75) is 6.42 Å². The number of nitrogens with zero attached hydrogens (tertiary/aromatic N) is 4. The molecule has 140 valence electrons. The van der Waals surface area contributed by atoms with Crippen LogP contribution in [-0.2, 0) is 6.42 Å². The number of hydrogen-bond acceptors (Lipinski definition) is 4. The zero-order chi connectivity index (χ0) is 19.5. The number of benzene rings is 2. The fraction of sp³-hybridized carbons (Fsp3) is 0.136. The second-order valence-corrected chi connectivity index (χ2v) is 7.64. The monoisotopic (exact) mass is 388 g/mol. The van der Waals surface area contributed by atoms with Crippen LogP contribution >= 0.6 is 11.3 Å². The summed E-state index contributed by atoms with van der Waals surface area (Å²) in [6, 6.07) is 18.8. The molecule has 4 rings (SSSR count). The highest BCUT2D eigenvalue weighted by Crippen LogP contribution is 2.31. The molecule has 5 nitrogen and oxygen atoms in total. The molecule has 0 N–H and O–H groups in total. The zero-order valence-corrected chi connectivity index (χ0v) is 16.6. The Bertz CT molecular complexity index is 1170. The molecule has 0 radical (unpaired) electrons. The summed E-state index contributed by atoms with van der Waals surface area (Å²) in [4.78, 5) is 19.8. The fourth-order valence-corrected chi connectivity index (χ4v) is 3.92. The molecule has 0 aliphatic carbocycles. The van der Waals surface area contributed by atoms with E-state index < -0.39 is 0 Å². The molecule has 0 amide bonds. The highest BCUT2D eigenvalue weighted by Gasteiger charge is 2.13. The van der Waals surface area contributed by atoms with Crippen LogP contribution in [0.15, 0.2) is 76.2 Å². The van der Waals surface area contributed by atoms with Crippen molar-refractivity contribution in [3.05, 3.63) is 87.8 Å². The number of rotatable bonds is 5. The van der Waals surface area contributed by atoms with Crippen LogP contribution in [0, 0.1) is 0 Å². The molecule has 0 fully saturated rings. The van der Waals surface area contributed by atoms with Crippen LogP contribution < -0.4 is 5.56 Å². The van der Waals surface area contributed by atoms with Crippen molar-refractivity contribution >= 4 is 27.9 Å². The number of thiophene rings is 1. The number of fused-ring (bicyclic) bond motifs is 1. The summed E-state index contributed by atoms with van der Waals surface area (Å²) in [7, 11) is 3.71. The summed E-state index contributed by atoms with van der Waals surface area (Å²) in [5, 5.41) is 6.78. The molecular formula is C22H20N4OS. The van der Waals surface area contributed by atoms with Crippen LogP contribution in [0.3, 0.4) is 0 Å². The van der Waals surface area contributed by atoms with E-state index in [0.29, 0.717) is 5.39 Å². The van der Waals surface area contributed by atoms with Gasteiger partial charge in [0.25, 0.3) is 5.56 Å². The van der Waals surface area contributed by atoms with Crippen LogP contribution in [-0.4, -0.2) is 35.0 Å². The molecule has 0 aliphatic heterocycles. The van der Waals surface area contributed by atoms with Crippen molar-refractivity contribution in [3.63, 3.8) is 0 Å². The number of aromatic nitrogens is 2. The lowest BCUT2D eigenvalue weighted by Crippen LogP contribution is -2.19. The van der Waals surface area contributed by atoms with E-state index in [9.17, 15) is 4.79 Å². The largest absolute Gasteiger partial charge is 0.367 e. The molecule has 0 bridgehead atoms.